The van der Waals surface area contributed by atoms with E-state index in [0.29, 0.717) is 6.92 Å². The normalized spacial score (nSPS) is 10.0. The molecule has 0 aliphatic carbocycles. The molecule has 0 aromatic carbocycles. The highest BCUT2D eigenvalue weighted by molar-refractivity contribution is 4.24. The summed E-state index contributed by atoms with van der Waals surface area (Å²) in [6, 6.07) is 0. The van der Waals surface area contributed by atoms with E-state index in [1.54, 1.807) is 0 Å². The molecule has 0 spiro atoms. The zero-order chi connectivity index (χ0) is 4.50. The van der Waals surface area contributed by atoms with Gasteiger partial charge in [0.2, 0.25) is 0 Å². The van der Waals surface area contributed by atoms with E-state index in [4.69, 9.17) is 5.11 Å². The number of hydrogen-bond acceptors (Lipinski definition) is 1. The topological polar surface area (TPSA) is 51.7 Å². The SMILES string of the molecule is CC(O)(F)F.O. The van der Waals surface area contributed by atoms with Gasteiger partial charge in [-0.25, -0.2) is 0 Å². The monoisotopic (exact) mass is 100 g/mol. The summed E-state index contributed by atoms with van der Waals surface area (Å²) in [7, 11) is 0. The maximum atomic E-state index is 10.6. The van der Waals surface area contributed by atoms with Gasteiger partial charge in [-0.3, -0.25) is 0 Å². The van der Waals surface area contributed by atoms with Gasteiger partial charge in [-0.1, -0.05) is 0 Å². The largest absolute Gasteiger partial charge is 0.412 e. The summed E-state index contributed by atoms with van der Waals surface area (Å²) in [5.41, 5.74) is 0. The Kier molecular flexibility index (Phi) is 3.15. The van der Waals surface area contributed by atoms with E-state index < -0.39 is 6.11 Å². The van der Waals surface area contributed by atoms with Crippen LogP contribution in [-0.4, -0.2) is 16.7 Å². The van der Waals surface area contributed by atoms with Crippen LogP contribution < -0.4 is 0 Å². The Hall–Kier alpha value is -0.220. The van der Waals surface area contributed by atoms with Crippen LogP contribution in [0.1, 0.15) is 6.92 Å². The standard InChI is InChI=1S/C2H4F2O.H2O/c1-2(3,4)5;/h5H,1H3;1H2. The van der Waals surface area contributed by atoms with Crippen LogP contribution in [0.25, 0.3) is 0 Å². The minimum Gasteiger partial charge on any atom is -0.412 e. The lowest BCUT2D eigenvalue weighted by molar-refractivity contribution is -0.181. The molecular weight excluding hydrogens is 94.0 g/mol. The van der Waals surface area contributed by atoms with E-state index in [2.05, 4.69) is 0 Å². The van der Waals surface area contributed by atoms with E-state index in [9.17, 15) is 8.78 Å². The van der Waals surface area contributed by atoms with Gasteiger partial charge < -0.3 is 10.6 Å². The number of aliphatic hydroxyl groups is 1. The summed E-state index contributed by atoms with van der Waals surface area (Å²) in [5.74, 6) is 0. The molecule has 0 aromatic rings. The second kappa shape index (κ2) is 2.04. The van der Waals surface area contributed by atoms with Gasteiger partial charge in [0.05, 0.1) is 0 Å². The molecule has 0 aliphatic rings. The molecule has 0 fully saturated rings. The molecule has 0 rings (SSSR count). The first-order chi connectivity index (χ1) is 2.00. The second-order valence-electron chi connectivity index (χ2n) is 0.842. The third-order valence-electron chi connectivity index (χ3n) is 0. The summed E-state index contributed by atoms with van der Waals surface area (Å²) in [6.07, 6.45) is -3.50. The zero-order valence-electron chi connectivity index (χ0n) is 3.20. The van der Waals surface area contributed by atoms with Crippen molar-refractivity contribution in [1.29, 1.82) is 0 Å². The van der Waals surface area contributed by atoms with Crippen molar-refractivity contribution >= 4 is 0 Å². The van der Waals surface area contributed by atoms with Crippen LogP contribution in [-0.2, 0) is 0 Å². The van der Waals surface area contributed by atoms with Crippen molar-refractivity contribution in [2.75, 3.05) is 0 Å². The highest BCUT2D eigenvalue weighted by Gasteiger charge is 2.11. The van der Waals surface area contributed by atoms with E-state index in [1.165, 1.54) is 0 Å². The van der Waals surface area contributed by atoms with Crippen LogP contribution in [0.2, 0.25) is 0 Å². The molecule has 0 heterocycles. The van der Waals surface area contributed by atoms with Crippen molar-refractivity contribution in [3.05, 3.63) is 0 Å². The van der Waals surface area contributed by atoms with Crippen LogP contribution in [0.15, 0.2) is 0 Å². The van der Waals surface area contributed by atoms with E-state index in [-0.39, 0.29) is 5.48 Å². The fourth-order valence-electron chi connectivity index (χ4n) is 0. The Bertz CT molecular complexity index is 25.0. The Morgan fingerprint density at radius 3 is 1.50 bits per heavy atom. The second-order valence-corrected chi connectivity index (χ2v) is 0.842. The van der Waals surface area contributed by atoms with Crippen LogP contribution in [0, 0.1) is 0 Å². The summed E-state index contributed by atoms with van der Waals surface area (Å²) in [6.45, 7) is 0.410. The fraction of sp³-hybridized carbons (Fsp3) is 1.00. The molecule has 3 N–H and O–H groups in total. The molecule has 0 aromatic heterocycles. The van der Waals surface area contributed by atoms with Crippen molar-refractivity contribution in [3.63, 3.8) is 0 Å². The fourth-order valence-corrected chi connectivity index (χ4v) is 0. The molecule has 0 saturated carbocycles. The average molecular weight is 100 g/mol. The molecule has 0 saturated heterocycles. The van der Waals surface area contributed by atoms with E-state index in [1.807, 2.05) is 0 Å². The highest BCUT2D eigenvalue weighted by Crippen LogP contribution is 2.02. The molecular formula is C2H6F2O2. The first kappa shape index (κ1) is 9.24. The first-order valence-corrected chi connectivity index (χ1v) is 1.10. The first-order valence-electron chi connectivity index (χ1n) is 1.10. The molecule has 2 nitrogen and oxygen atoms in total. The van der Waals surface area contributed by atoms with Gasteiger partial charge in [0, 0.05) is 6.92 Å². The van der Waals surface area contributed by atoms with E-state index >= 15 is 0 Å². The lowest BCUT2D eigenvalue weighted by atomic mass is 10.8. The quantitative estimate of drug-likeness (QED) is 0.449. The predicted molar refractivity (Wildman–Crippen MR) is 16.5 cm³/mol. The Morgan fingerprint density at radius 2 is 1.50 bits per heavy atom. The molecule has 0 atom stereocenters. The zero-order valence-corrected chi connectivity index (χ0v) is 3.20. The predicted octanol–water partition coefficient (Wildman–Crippen LogP) is -0.233. The van der Waals surface area contributed by atoms with Gasteiger partial charge in [0.25, 0.3) is 0 Å². The number of halogens is 2. The third kappa shape index (κ3) is 604. The lowest BCUT2D eigenvalue weighted by Gasteiger charge is -1.93. The molecule has 0 amide bonds. The molecule has 0 aliphatic heterocycles. The van der Waals surface area contributed by atoms with Crippen molar-refractivity contribution in [1.82, 2.24) is 0 Å². The van der Waals surface area contributed by atoms with Crippen LogP contribution in [0.4, 0.5) is 8.78 Å². The van der Waals surface area contributed by atoms with Crippen LogP contribution in [0.5, 0.6) is 0 Å². The molecule has 0 unspecified atom stereocenters. The van der Waals surface area contributed by atoms with Crippen molar-refractivity contribution in [2.24, 2.45) is 0 Å². The van der Waals surface area contributed by atoms with Crippen molar-refractivity contribution < 1.29 is 19.4 Å². The third-order valence-corrected chi connectivity index (χ3v) is 0. The van der Waals surface area contributed by atoms with Crippen molar-refractivity contribution in [3.8, 4) is 0 Å². The maximum Gasteiger partial charge on any atom is 0.350 e. The summed E-state index contributed by atoms with van der Waals surface area (Å²) >= 11 is 0. The van der Waals surface area contributed by atoms with Gasteiger partial charge in [0.15, 0.2) is 0 Å². The Labute approximate surface area is 33.7 Å². The minimum absolute atomic E-state index is 0. The Morgan fingerprint density at radius 1 is 1.50 bits per heavy atom. The Balaban J connectivity index is 0. The minimum atomic E-state index is -3.50. The van der Waals surface area contributed by atoms with Gasteiger partial charge in [-0.15, -0.1) is 0 Å². The van der Waals surface area contributed by atoms with Crippen LogP contribution in [0.3, 0.4) is 0 Å². The van der Waals surface area contributed by atoms with Gasteiger partial charge in [0.1, 0.15) is 0 Å². The van der Waals surface area contributed by atoms with Gasteiger partial charge >= 0.3 is 6.11 Å². The summed E-state index contributed by atoms with van der Waals surface area (Å²) in [5, 5.41) is 7.19. The molecule has 40 valence electrons. The van der Waals surface area contributed by atoms with Gasteiger partial charge in [-0.05, 0) is 0 Å². The number of rotatable bonds is 0. The maximum absolute atomic E-state index is 10.6. The van der Waals surface area contributed by atoms with Crippen molar-refractivity contribution in [2.45, 2.75) is 13.0 Å². The molecule has 4 heteroatoms. The number of alkyl halides is 2. The lowest BCUT2D eigenvalue weighted by Crippen LogP contribution is -2.04. The van der Waals surface area contributed by atoms with Gasteiger partial charge in [-0.2, -0.15) is 8.78 Å². The number of hydrogen-bond donors (Lipinski definition) is 1. The smallest absolute Gasteiger partial charge is 0.350 e. The summed E-state index contributed by atoms with van der Waals surface area (Å²) in [4.78, 5) is 0. The molecule has 6 heavy (non-hydrogen) atoms. The summed E-state index contributed by atoms with van der Waals surface area (Å²) < 4.78 is 21.2. The highest BCUT2D eigenvalue weighted by atomic mass is 19.3. The molecule has 0 radical (unpaired) electrons. The van der Waals surface area contributed by atoms with Crippen LogP contribution >= 0.6 is 0 Å². The van der Waals surface area contributed by atoms with E-state index in [0.717, 1.165) is 0 Å². The molecule has 0 bridgehead atoms. The average Bonchev–Trinajstić information content (AvgIpc) is 0.722.